The number of halogens is 1. The fourth-order valence-electron chi connectivity index (χ4n) is 2.87. The molecule has 0 unspecified atom stereocenters. The molecule has 3 aromatic rings. The molecule has 0 atom stereocenters. The number of benzene rings is 3. The zero-order chi connectivity index (χ0) is 22.6. The van der Waals surface area contributed by atoms with Gasteiger partial charge in [0.05, 0.1) is 23.4 Å². The molecule has 162 valence electrons. The topological polar surface area (TPSA) is 87.7 Å². The Kier molecular flexibility index (Phi) is 6.72. The van der Waals surface area contributed by atoms with E-state index in [2.05, 4.69) is 10.0 Å². The van der Waals surface area contributed by atoms with Crippen LogP contribution in [0.1, 0.15) is 10.4 Å². The van der Waals surface area contributed by atoms with Crippen LogP contribution in [-0.4, -0.2) is 35.5 Å². The number of hydrogen-bond acceptors (Lipinski definition) is 5. The van der Waals surface area contributed by atoms with Crippen molar-refractivity contribution < 1.29 is 17.9 Å². The van der Waals surface area contributed by atoms with E-state index < -0.39 is 15.9 Å². The molecule has 31 heavy (non-hydrogen) atoms. The van der Waals surface area contributed by atoms with Crippen LogP contribution in [0.25, 0.3) is 0 Å². The maximum Gasteiger partial charge on any atom is 0.261 e. The first-order chi connectivity index (χ1) is 14.7. The molecule has 0 spiro atoms. The highest BCUT2D eigenvalue weighted by atomic mass is 35.5. The third kappa shape index (κ3) is 5.48. The van der Waals surface area contributed by atoms with Crippen molar-refractivity contribution >= 4 is 44.6 Å². The number of carbonyl (C=O) groups is 1. The van der Waals surface area contributed by atoms with E-state index >= 15 is 0 Å². The molecule has 0 saturated carbocycles. The fraction of sp³-hybridized carbons (Fsp3) is 0.136. The van der Waals surface area contributed by atoms with E-state index in [1.165, 1.54) is 25.3 Å². The third-order valence-corrected chi connectivity index (χ3v) is 6.05. The molecule has 7 nitrogen and oxygen atoms in total. The number of anilines is 3. The van der Waals surface area contributed by atoms with Gasteiger partial charge >= 0.3 is 0 Å². The zero-order valence-electron chi connectivity index (χ0n) is 17.2. The van der Waals surface area contributed by atoms with Crippen molar-refractivity contribution in [3.05, 3.63) is 77.3 Å². The number of hydrogen-bond donors (Lipinski definition) is 2. The summed E-state index contributed by atoms with van der Waals surface area (Å²) in [6.45, 7) is 0. The maximum atomic E-state index is 12.8. The summed E-state index contributed by atoms with van der Waals surface area (Å²) < 4.78 is 33.1. The summed E-state index contributed by atoms with van der Waals surface area (Å²) in [5.41, 5.74) is 1.86. The summed E-state index contributed by atoms with van der Waals surface area (Å²) in [7, 11) is 1.33. The average Bonchev–Trinajstić information content (AvgIpc) is 2.74. The normalized spacial score (nSPS) is 11.0. The van der Waals surface area contributed by atoms with Crippen LogP contribution in [0.5, 0.6) is 5.75 Å². The highest BCUT2D eigenvalue weighted by Gasteiger charge is 2.18. The SMILES string of the molecule is COc1ccc(NS(=O)(=O)c2cccc(C(=O)Nc3cc(Cl)ccc3N(C)C)c2)cc1. The summed E-state index contributed by atoms with van der Waals surface area (Å²) in [5.74, 6) is 0.159. The lowest BCUT2D eigenvalue weighted by molar-refractivity contribution is 0.102. The van der Waals surface area contributed by atoms with E-state index in [4.69, 9.17) is 16.3 Å². The predicted octanol–water partition coefficient (Wildman–Crippen LogP) is 4.47. The monoisotopic (exact) mass is 459 g/mol. The van der Waals surface area contributed by atoms with Crippen LogP contribution in [0.3, 0.4) is 0 Å². The van der Waals surface area contributed by atoms with Crippen LogP contribution in [-0.2, 0) is 10.0 Å². The Bertz CT molecular complexity index is 1200. The average molecular weight is 460 g/mol. The molecule has 0 saturated heterocycles. The molecule has 3 aromatic carbocycles. The quantitative estimate of drug-likeness (QED) is 0.544. The fourth-order valence-corrected chi connectivity index (χ4v) is 4.15. The zero-order valence-corrected chi connectivity index (χ0v) is 18.8. The maximum absolute atomic E-state index is 12.8. The Morgan fingerprint density at radius 1 is 1.00 bits per heavy atom. The van der Waals surface area contributed by atoms with Gasteiger partial charge in [-0.2, -0.15) is 0 Å². The molecule has 1 amide bonds. The first-order valence-electron chi connectivity index (χ1n) is 9.25. The molecule has 0 aromatic heterocycles. The molecule has 0 radical (unpaired) electrons. The van der Waals surface area contributed by atoms with Gasteiger partial charge in [-0.05, 0) is 60.7 Å². The molecule has 0 bridgehead atoms. The van der Waals surface area contributed by atoms with Crippen molar-refractivity contribution in [3.8, 4) is 5.75 Å². The van der Waals surface area contributed by atoms with E-state index in [1.54, 1.807) is 48.5 Å². The van der Waals surface area contributed by atoms with Crippen LogP contribution in [0.15, 0.2) is 71.6 Å². The number of rotatable bonds is 7. The molecule has 0 heterocycles. The molecule has 0 fully saturated rings. The molecule has 0 aliphatic rings. The van der Waals surface area contributed by atoms with Gasteiger partial charge in [-0.25, -0.2) is 8.42 Å². The number of sulfonamides is 1. The van der Waals surface area contributed by atoms with Gasteiger partial charge in [0.2, 0.25) is 0 Å². The second-order valence-electron chi connectivity index (χ2n) is 6.87. The van der Waals surface area contributed by atoms with Crippen molar-refractivity contribution in [3.63, 3.8) is 0 Å². The van der Waals surface area contributed by atoms with Crippen LogP contribution in [0.4, 0.5) is 17.1 Å². The van der Waals surface area contributed by atoms with Gasteiger partial charge in [0.15, 0.2) is 0 Å². The second kappa shape index (κ2) is 9.28. The first kappa shape index (κ1) is 22.5. The minimum absolute atomic E-state index is 0.0325. The van der Waals surface area contributed by atoms with E-state index in [1.807, 2.05) is 19.0 Å². The number of ether oxygens (including phenoxy) is 1. The Balaban J connectivity index is 1.84. The first-order valence-corrected chi connectivity index (χ1v) is 11.1. The van der Waals surface area contributed by atoms with Gasteiger partial charge in [0.25, 0.3) is 15.9 Å². The van der Waals surface area contributed by atoms with Crippen LogP contribution in [0, 0.1) is 0 Å². The van der Waals surface area contributed by atoms with Gasteiger partial charge < -0.3 is 15.0 Å². The number of amides is 1. The molecule has 0 aliphatic carbocycles. The molecule has 9 heteroatoms. The minimum Gasteiger partial charge on any atom is -0.497 e. The van der Waals surface area contributed by atoms with Gasteiger partial charge in [-0.15, -0.1) is 0 Å². The van der Waals surface area contributed by atoms with Crippen molar-refractivity contribution in [1.29, 1.82) is 0 Å². The third-order valence-electron chi connectivity index (χ3n) is 4.44. The lowest BCUT2D eigenvalue weighted by Crippen LogP contribution is -2.18. The number of nitrogens with one attached hydrogen (secondary N) is 2. The molecular weight excluding hydrogens is 438 g/mol. The molecule has 2 N–H and O–H groups in total. The van der Waals surface area contributed by atoms with Crippen LogP contribution < -0.4 is 19.7 Å². The summed E-state index contributed by atoms with van der Waals surface area (Å²) in [6.07, 6.45) is 0. The standard InChI is InChI=1S/C22H22ClN3O4S/c1-26(2)21-12-7-16(23)14-20(21)24-22(27)15-5-4-6-19(13-15)31(28,29)25-17-8-10-18(30-3)11-9-17/h4-14,25H,1-3H3,(H,24,27). The van der Waals surface area contributed by atoms with E-state index in [-0.39, 0.29) is 10.5 Å². The van der Waals surface area contributed by atoms with E-state index in [9.17, 15) is 13.2 Å². The Morgan fingerprint density at radius 3 is 2.35 bits per heavy atom. The van der Waals surface area contributed by atoms with Crippen LogP contribution in [0.2, 0.25) is 5.02 Å². The Hall–Kier alpha value is -3.23. The number of nitrogens with zero attached hydrogens (tertiary/aromatic N) is 1. The predicted molar refractivity (Wildman–Crippen MR) is 124 cm³/mol. The van der Waals surface area contributed by atoms with E-state index in [0.717, 1.165) is 5.69 Å². The van der Waals surface area contributed by atoms with Crippen molar-refractivity contribution in [2.75, 3.05) is 36.1 Å². The smallest absolute Gasteiger partial charge is 0.261 e. The highest BCUT2D eigenvalue weighted by molar-refractivity contribution is 7.92. The summed E-state index contributed by atoms with van der Waals surface area (Å²) in [5, 5.41) is 3.27. The van der Waals surface area contributed by atoms with Gasteiger partial charge in [0, 0.05) is 30.4 Å². The Morgan fingerprint density at radius 2 is 1.71 bits per heavy atom. The highest BCUT2D eigenvalue weighted by Crippen LogP contribution is 2.28. The van der Waals surface area contributed by atoms with Crippen LogP contribution >= 0.6 is 11.6 Å². The van der Waals surface area contributed by atoms with Gasteiger partial charge in [-0.1, -0.05) is 17.7 Å². The number of methoxy groups -OCH3 is 1. The Labute approximate surface area is 186 Å². The minimum atomic E-state index is -3.89. The summed E-state index contributed by atoms with van der Waals surface area (Å²) in [4.78, 5) is 14.6. The van der Waals surface area contributed by atoms with Crippen molar-refractivity contribution in [1.82, 2.24) is 0 Å². The molecule has 3 rings (SSSR count). The van der Waals surface area contributed by atoms with Gasteiger partial charge in [-0.3, -0.25) is 9.52 Å². The largest absolute Gasteiger partial charge is 0.497 e. The lowest BCUT2D eigenvalue weighted by atomic mass is 10.2. The summed E-state index contributed by atoms with van der Waals surface area (Å²) >= 11 is 6.07. The number of carbonyl (C=O) groups excluding carboxylic acids is 1. The summed E-state index contributed by atoms with van der Waals surface area (Å²) in [6, 6.07) is 17.4. The second-order valence-corrected chi connectivity index (χ2v) is 8.99. The lowest BCUT2D eigenvalue weighted by Gasteiger charge is -2.18. The van der Waals surface area contributed by atoms with E-state index in [0.29, 0.717) is 22.1 Å². The van der Waals surface area contributed by atoms with Gasteiger partial charge in [0.1, 0.15) is 5.75 Å². The van der Waals surface area contributed by atoms with Crippen molar-refractivity contribution in [2.24, 2.45) is 0 Å². The van der Waals surface area contributed by atoms with Crippen molar-refractivity contribution in [2.45, 2.75) is 4.90 Å². The molecular formula is C22H22ClN3O4S. The molecule has 0 aliphatic heterocycles.